The third kappa shape index (κ3) is 2.49. The summed E-state index contributed by atoms with van der Waals surface area (Å²) >= 11 is 6.34. The van der Waals surface area contributed by atoms with Gasteiger partial charge in [0, 0.05) is 17.8 Å². The van der Waals surface area contributed by atoms with E-state index >= 15 is 0 Å². The van der Waals surface area contributed by atoms with Crippen molar-refractivity contribution in [2.75, 3.05) is 0 Å². The Bertz CT molecular complexity index is 1380. The first-order valence-corrected chi connectivity index (χ1v) is 8.44. The van der Waals surface area contributed by atoms with Crippen LogP contribution in [0.3, 0.4) is 0 Å². The summed E-state index contributed by atoms with van der Waals surface area (Å²) in [6, 6.07) is 8.57. The fourth-order valence-electron chi connectivity index (χ4n) is 2.96. The van der Waals surface area contributed by atoms with Crippen LogP contribution < -0.4 is 5.43 Å². The molecule has 0 spiro atoms. The van der Waals surface area contributed by atoms with Crippen molar-refractivity contribution in [3.63, 3.8) is 0 Å². The number of benzene rings is 1. The molecule has 0 fully saturated rings. The highest BCUT2D eigenvalue weighted by atomic mass is 35.5. The molecule has 1 aromatic carbocycles. The zero-order valence-corrected chi connectivity index (χ0v) is 14.7. The molecule has 4 heterocycles. The molecule has 0 saturated carbocycles. The summed E-state index contributed by atoms with van der Waals surface area (Å²) in [5.41, 5.74) is 3.15. The zero-order valence-electron chi connectivity index (χ0n) is 13.9. The van der Waals surface area contributed by atoms with E-state index in [0.717, 1.165) is 5.76 Å². The quantitative estimate of drug-likeness (QED) is 0.486. The van der Waals surface area contributed by atoms with E-state index in [1.165, 1.54) is 12.3 Å². The Morgan fingerprint density at radius 3 is 2.74 bits per heavy atom. The highest BCUT2D eigenvalue weighted by Gasteiger charge is 2.19. The van der Waals surface area contributed by atoms with Gasteiger partial charge in [-0.15, -0.1) is 0 Å². The lowest BCUT2D eigenvalue weighted by molar-refractivity contribution is 0.546. The summed E-state index contributed by atoms with van der Waals surface area (Å²) in [6.07, 6.45) is 1.54. The zero-order chi connectivity index (χ0) is 18.5. The molecular weight excluding hydrogens is 368 g/mol. The van der Waals surface area contributed by atoms with Gasteiger partial charge in [0.25, 0.3) is 0 Å². The third-order valence-electron chi connectivity index (χ3n) is 4.21. The lowest BCUT2D eigenvalue weighted by atomic mass is 10.1. The van der Waals surface area contributed by atoms with E-state index in [9.17, 15) is 4.79 Å². The number of rotatable bonds is 2. The second-order valence-electron chi connectivity index (χ2n) is 6.02. The molecule has 0 aliphatic carbocycles. The van der Waals surface area contributed by atoms with Crippen LogP contribution in [-0.4, -0.2) is 30.4 Å². The second-order valence-corrected chi connectivity index (χ2v) is 6.43. The van der Waals surface area contributed by atoms with Crippen molar-refractivity contribution in [1.29, 1.82) is 0 Å². The van der Waals surface area contributed by atoms with E-state index in [4.69, 9.17) is 16.0 Å². The average Bonchev–Trinajstić information content (AvgIpc) is 3.30. The fraction of sp³-hybridized carbons (Fsp3) is 0.0556. The molecule has 132 valence electrons. The minimum Gasteiger partial charge on any atom is -0.460 e. The summed E-state index contributed by atoms with van der Waals surface area (Å²) in [4.78, 5) is 24.4. The molecule has 2 N–H and O–H groups in total. The number of H-pyrrole nitrogens is 2. The molecule has 0 aliphatic rings. The monoisotopic (exact) mass is 378 g/mol. The second kappa shape index (κ2) is 5.75. The molecule has 0 atom stereocenters. The van der Waals surface area contributed by atoms with E-state index in [1.54, 1.807) is 12.1 Å². The minimum absolute atomic E-state index is 0.228. The highest BCUT2D eigenvalue weighted by molar-refractivity contribution is 6.35. The van der Waals surface area contributed by atoms with Gasteiger partial charge in [-0.05, 0) is 31.2 Å². The molecule has 4 aromatic heterocycles. The molecule has 5 aromatic rings. The number of aromatic amines is 2. The Morgan fingerprint density at radius 2 is 1.93 bits per heavy atom. The van der Waals surface area contributed by atoms with Crippen molar-refractivity contribution < 1.29 is 4.42 Å². The summed E-state index contributed by atoms with van der Waals surface area (Å²) in [5.74, 6) is 1.28. The van der Waals surface area contributed by atoms with Gasteiger partial charge in [0.05, 0.1) is 5.02 Å². The van der Waals surface area contributed by atoms with E-state index in [-0.39, 0.29) is 10.9 Å². The number of pyridine rings is 1. The topological polar surface area (TPSA) is 113 Å². The van der Waals surface area contributed by atoms with Crippen molar-refractivity contribution in [2.45, 2.75) is 6.92 Å². The van der Waals surface area contributed by atoms with Crippen LogP contribution in [0.4, 0.5) is 0 Å². The Labute approximate surface area is 156 Å². The van der Waals surface area contributed by atoms with Crippen LogP contribution >= 0.6 is 11.6 Å². The van der Waals surface area contributed by atoms with Gasteiger partial charge in [0.15, 0.2) is 16.9 Å². The normalized spacial score (nSPS) is 11.5. The number of nitrogens with one attached hydrogen (secondary N) is 2. The van der Waals surface area contributed by atoms with Crippen molar-refractivity contribution in [2.24, 2.45) is 0 Å². The molecule has 5 rings (SSSR count). The summed E-state index contributed by atoms with van der Waals surface area (Å²) in [6.45, 7) is 1.85. The number of nitrogens with zero attached hydrogens (tertiary/aromatic N) is 4. The van der Waals surface area contributed by atoms with Gasteiger partial charge in [-0.25, -0.2) is 9.97 Å². The van der Waals surface area contributed by atoms with Crippen molar-refractivity contribution in [3.05, 3.63) is 57.5 Å². The van der Waals surface area contributed by atoms with Crippen LogP contribution in [0.25, 0.3) is 44.9 Å². The predicted molar refractivity (Wildman–Crippen MR) is 100 cm³/mol. The Kier molecular flexibility index (Phi) is 3.34. The van der Waals surface area contributed by atoms with E-state index in [0.29, 0.717) is 44.4 Å². The highest BCUT2D eigenvalue weighted by Crippen LogP contribution is 2.34. The molecule has 0 unspecified atom stereocenters. The number of fused-ring (bicyclic) bond motifs is 2. The average molecular weight is 379 g/mol. The first kappa shape index (κ1) is 15.7. The van der Waals surface area contributed by atoms with Gasteiger partial charge in [-0.3, -0.25) is 4.79 Å². The third-order valence-corrected chi connectivity index (χ3v) is 4.49. The number of aromatic nitrogens is 6. The van der Waals surface area contributed by atoms with Gasteiger partial charge < -0.3 is 9.40 Å². The summed E-state index contributed by atoms with van der Waals surface area (Å²) in [5, 5.41) is 11.1. The fourth-order valence-corrected chi connectivity index (χ4v) is 3.22. The molecule has 8 nitrogen and oxygen atoms in total. The predicted octanol–water partition coefficient (Wildman–Crippen LogP) is 3.48. The first-order chi connectivity index (χ1) is 13.1. The van der Waals surface area contributed by atoms with Crippen LogP contribution in [0.15, 0.2) is 45.7 Å². The Morgan fingerprint density at radius 1 is 1.04 bits per heavy atom. The van der Waals surface area contributed by atoms with Crippen molar-refractivity contribution in [1.82, 2.24) is 30.4 Å². The maximum atomic E-state index is 12.3. The number of halogens is 1. The SMILES string of the molecule is Cc1ccc(-c2nc3[nH]ccc(=O)c3nc2-c2cc(Cl)c3n[nH]nc3c2)o1. The number of aryl methyl sites for hydroxylation is 1. The number of furan rings is 1. The smallest absolute Gasteiger partial charge is 0.209 e. The molecule has 0 aliphatic heterocycles. The Balaban J connectivity index is 1.88. The van der Waals surface area contributed by atoms with Crippen LogP contribution in [0.1, 0.15) is 5.76 Å². The van der Waals surface area contributed by atoms with Crippen molar-refractivity contribution in [3.8, 4) is 22.7 Å². The van der Waals surface area contributed by atoms with Crippen LogP contribution in [0.5, 0.6) is 0 Å². The molecule has 27 heavy (non-hydrogen) atoms. The first-order valence-electron chi connectivity index (χ1n) is 8.07. The Hall–Kier alpha value is -3.52. The molecule has 0 amide bonds. The lowest BCUT2D eigenvalue weighted by Gasteiger charge is -2.08. The maximum Gasteiger partial charge on any atom is 0.209 e. The molecular formula is C18H11ClN6O2. The molecule has 0 bridgehead atoms. The lowest BCUT2D eigenvalue weighted by Crippen LogP contribution is -2.06. The van der Waals surface area contributed by atoms with E-state index in [1.807, 2.05) is 19.1 Å². The molecule has 9 heteroatoms. The summed E-state index contributed by atoms with van der Waals surface area (Å²) in [7, 11) is 0. The van der Waals surface area contributed by atoms with Crippen LogP contribution in [0, 0.1) is 6.92 Å². The van der Waals surface area contributed by atoms with Gasteiger partial charge in [0.1, 0.15) is 28.2 Å². The maximum absolute atomic E-state index is 12.3. The van der Waals surface area contributed by atoms with Gasteiger partial charge in [-0.2, -0.15) is 15.4 Å². The molecule has 0 saturated heterocycles. The van der Waals surface area contributed by atoms with E-state index < -0.39 is 0 Å². The molecule has 0 radical (unpaired) electrons. The van der Waals surface area contributed by atoms with Gasteiger partial charge in [0.2, 0.25) is 5.43 Å². The number of hydrogen-bond donors (Lipinski definition) is 2. The van der Waals surface area contributed by atoms with E-state index in [2.05, 4.69) is 30.4 Å². The number of hydrogen-bond acceptors (Lipinski definition) is 6. The van der Waals surface area contributed by atoms with Gasteiger partial charge in [-0.1, -0.05) is 11.6 Å². The van der Waals surface area contributed by atoms with Crippen molar-refractivity contribution >= 4 is 33.8 Å². The van der Waals surface area contributed by atoms with Crippen LogP contribution in [-0.2, 0) is 0 Å². The summed E-state index contributed by atoms with van der Waals surface area (Å²) < 4.78 is 5.75. The standard InChI is InChI=1S/C18H11ClN6O2/c1-8-2-3-13(27-8)17-14(21-16-12(26)4-5-20-18(16)22-17)9-6-10(19)15-11(7-9)23-25-24-15/h2-7H,1H3,(H,20,22,26)(H,23,24,25). The van der Waals surface area contributed by atoms with Gasteiger partial charge >= 0.3 is 0 Å². The minimum atomic E-state index is -0.228. The largest absolute Gasteiger partial charge is 0.460 e. The van der Waals surface area contributed by atoms with Crippen LogP contribution in [0.2, 0.25) is 5.02 Å².